The van der Waals surface area contributed by atoms with Gasteiger partial charge in [-0.1, -0.05) is 17.7 Å². The number of ether oxygens (including phenoxy) is 1. The Labute approximate surface area is 134 Å². The van der Waals surface area contributed by atoms with Crippen LogP contribution in [-0.4, -0.2) is 35.7 Å². The third-order valence-corrected chi connectivity index (χ3v) is 4.96. The standard InChI is InChI=1S/C17H20N2O2S/c1-11-4-5-12(2)14(10-11)16-13(3)22-15(18-16)6-7-19-8-9-21-17(19)20/h4-5,10H,6-9H2,1-3H3. The number of thiazole rings is 1. The summed E-state index contributed by atoms with van der Waals surface area (Å²) in [6.45, 7) is 8.20. The molecule has 0 N–H and O–H groups in total. The van der Waals surface area contributed by atoms with Gasteiger partial charge >= 0.3 is 6.09 Å². The number of rotatable bonds is 4. The van der Waals surface area contributed by atoms with Crippen molar-refractivity contribution in [1.29, 1.82) is 0 Å². The van der Waals surface area contributed by atoms with Crippen LogP contribution in [0.5, 0.6) is 0 Å². The molecule has 0 aliphatic carbocycles. The van der Waals surface area contributed by atoms with E-state index in [2.05, 4.69) is 39.0 Å². The van der Waals surface area contributed by atoms with Crippen molar-refractivity contribution in [2.75, 3.05) is 19.7 Å². The van der Waals surface area contributed by atoms with Crippen molar-refractivity contribution in [3.63, 3.8) is 0 Å². The largest absolute Gasteiger partial charge is 0.448 e. The van der Waals surface area contributed by atoms with Gasteiger partial charge in [0.15, 0.2) is 0 Å². The summed E-state index contributed by atoms with van der Waals surface area (Å²) in [7, 11) is 0. The zero-order chi connectivity index (χ0) is 15.7. The van der Waals surface area contributed by atoms with E-state index in [4.69, 9.17) is 9.72 Å². The van der Waals surface area contributed by atoms with E-state index in [-0.39, 0.29) is 6.09 Å². The number of aryl methyl sites for hydroxylation is 3. The van der Waals surface area contributed by atoms with Gasteiger partial charge in [0.2, 0.25) is 0 Å². The van der Waals surface area contributed by atoms with Crippen LogP contribution in [0.3, 0.4) is 0 Å². The van der Waals surface area contributed by atoms with Gasteiger partial charge < -0.3 is 9.64 Å². The van der Waals surface area contributed by atoms with E-state index in [0.717, 1.165) is 17.1 Å². The number of carbonyl (C=O) groups excluding carboxylic acids is 1. The summed E-state index contributed by atoms with van der Waals surface area (Å²) in [4.78, 5) is 19.2. The Morgan fingerprint density at radius 3 is 2.86 bits per heavy atom. The van der Waals surface area contributed by atoms with E-state index in [1.807, 2.05) is 0 Å². The summed E-state index contributed by atoms with van der Waals surface area (Å²) >= 11 is 1.72. The molecule has 0 bridgehead atoms. The molecule has 1 aromatic heterocycles. The first kappa shape index (κ1) is 15.0. The van der Waals surface area contributed by atoms with Gasteiger partial charge in [0.1, 0.15) is 6.61 Å². The van der Waals surface area contributed by atoms with E-state index >= 15 is 0 Å². The monoisotopic (exact) mass is 316 g/mol. The lowest BCUT2D eigenvalue weighted by molar-refractivity contribution is 0.159. The van der Waals surface area contributed by atoms with E-state index in [1.54, 1.807) is 16.2 Å². The molecular formula is C17H20N2O2S. The lowest BCUT2D eigenvalue weighted by Gasteiger charge is -2.10. The molecule has 3 rings (SSSR count). The van der Waals surface area contributed by atoms with Crippen LogP contribution in [0, 0.1) is 20.8 Å². The Morgan fingerprint density at radius 2 is 2.14 bits per heavy atom. The van der Waals surface area contributed by atoms with Gasteiger partial charge in [-0.05, 0) is 32.4 Å². The fourth-order valence-electron chi connectivity index (χ4n) is 2.66. The van der Waals surface area contributed by atoms with Gasteiger partial charge in [-0.15, -0.1) is 11.3 Å². The summed E-state index contributed by atoms with van der Waals surface area (Å²) < 4.78 is 4.95. The summed E-state index contributed by atoms with van der Waals surface area (Å²) in [6, 6.07) is 6.46. The molecule has 0 radical (unpaired) electrons. The molecule has 1 saturated heterocycles. The predicted octanol–water partition coefficient (Wildman–Crippen LogP) is 3.73. The van der Waals surface area contributed by atoms with Gasteiger partial charge in [0.05, 0.1) is 17.2 Å². The number of hydrogen-bond acceptors (Lipinski definition) is 4. The molecule has 2 aromatic rings. The quantitative estimate of drug-likeness (QED) is 0.863. The van der Waals surface area contributed by atoms with Crippen molar-refractivity contribution in [2.24, 2.45) is 0 Å². The van der Waals surface area contributed by atoms with E-state index in [0.29, 0.717) is 19.7 Å². The van der Waals surface area contributed by atoms with E-state index in [1.165, 1.54) is 21.6 Å². The van der Waals surface area contributed by atoms with Crippen LogP contribution in [0.15, 0.2) is 18.2 Å². The molecular weight excluding hydrogens is 296 g/mol. The predicted molar refractivity (Wildman–Crippen MR) is 88.4 cm³/mol. The highest BCUT2D eigenvalue weighted by molar-refractivity contribution is 7.12. The number of aromatic nitrogens is 1. The minimum Gasteiger partial charge on any atom is -0.448 e. The molecule has 2 heterocycles. The van der Waals surface area contributed by atoms with Gasteiger partial charge in [-0.2, -0.15) is 0 Å². The molecule has 1 aliphatic rings. The average molecular weight is 316 g/mol. The second-order valence-electron chi connectivity index (χ2n) is 5.68. The van der Waals surface area contributed by atoms with Crippen molar-refractivity contribution >= 4 is 17.4 Å². The highest BCUT2D eigenvalue weighted by Crippen LogP contribution is 2.30. The Morgan fingerprint density at radius 1 is 1.32 bits per heavy atom. The molecule has 1 fully saturated rings. The van der Waals surface area contributed by atoms with Crippen LogP contribution in [0.4, 0.5) is 4.79 Å². The number of amides is 1. The van der Waals surface area contributed by atoms with Gasteiger partial charge in [0, 0.05) is 23.4 Å². The van der Waals surface area contributed by atoms with Crippen LogP contribution < -0.4 is 0 Å². The lowest BCUT2D eigenvalue weighted by atomic mass is 10.0. The number of benzene rings is 1. The van der Waals surface area contributed by atoms with Crippen LogP contribution in [0.25, 0.3) is 11.3 Å². The Kier molecular flexibility index (Phi) is 4.16. The fourth-order valence-corrected chi connectivity index (χ4v) is 3.59. The molecule has 1 aromatic carbocycles. The zero-order valence-electron chi connectivity index (χ0n) is 13.2. The van der Waals surface area contributed by atoms with Crippen molar-refractivity contribution in [1.82, 2.24) is 9.88 Å². The maximum Gasteiger partial charge on any atom is 0.409 e. The van der Waals surface area contributed by atoms with Crippen LogP contribution in [-0.2, 0) is 11.2 Å². The highest BCUT2D eigenvalue weighted by Gasteiger charge is 2.22. The molecule has 5 heteroatoms. The summed E-state index contributed by atoms with van der Waals surface area (Å²) in [6.07, 6.45) is 0.578. The maximum atomic E-state index is 11.5. The summed E-state index contributed by atoms with van der Waals surface area (Å²) in [5.74, 6) is 0. The summed E-state index contributed by atoms with van der Waals surface area (Å²) in [5.41, 5.74) is 4.77. The SMILES string of the molecule is Cc1ccc(C)c(-c2nc(CCN3CCOC3=O)sc2C)c1. The Hall–Kier alpha value is -1.88. The normalized spacial score (nSPS) is 14.5. The topological polar surface area (TPSA) is 42.4 Å². The minimum atomic E-state index is -0.206. The van der Waals surface area contributed by atoms with E-state index < -0.39 is 0 Å². The second kappa shape index (κ2) is 6.08. The first-order valence-electron chi connectivity index (χ1n) is 7.50. The third-order valence-electron chi connectivity index (χ3n) is 3.93. The minimum absolute atomic E-state index is 0.206. The zero-order valence-corrected chi connectivity index (χ0v) is 14.0. The highest BCUT2D eigenvalue weighted by atomic mass is 32.1. The third kappa shape index (κ3) is 2.99. The van der Waals surface area contributed by atoms with Crippen molar-refractivity contribution in [2.45, 2.75) is 27.2 Å². The van der Waals surface area contributed by atoms with Gasteiger partial charge in [0.25, 0.3) is 0 Å². The smallest absolute Gasteiger partial charge is 0.409 e. The molecule has 116 valence electrons. The molecule has 0 spiro atoms. The van der Waals surface area contributed by atoms with Crippen LogP contribution in [0.2, 0.25) is 0 Å². The number of cyclic esters (lactones) is 1. The molecule has 0 atom stereocenters. The van der Waals surface area contributed by atoms with Gasteiger partial charge in [-0.3, -0.25) is 0 Å². The molecule has 0 saturated carbocycles. The number of hydrogen-bond donors (Lipinski definition) is 0. The van der Waals surface area contributed by atoms with Crippen molar-refractivity contribution in [3.8, 4) is 11.3 Å². The average Bonchev–Trinajstić information content (AvgIpc) is 3.05. The fraction of sp³-hybridized carbons (Fsp3) is 0.412. The first-order chi connectivity index (χ1) is 10.5. The van der Waals surface area contributed by atoms with Crippen molar-refractivity contribution < 1.29 is 9.53 Å². The maximum absolute atomic E-state index is 11.5. The number of carbonyl (C=O) groups is 1. The van der Waals surface area contributed by atoms with Crippen molar-refractivity contribution in [3.05, 3.63) is 39.2 Å². The van der Waals surface area contributed by atoms with Gasteiger partial charge in [-0.25, -0.2) is 9.78 Å². The molecule has 0 unspecified atom stereocenters. The van der Waals surface area contributed by atoms with Crippen LogP contribution in [0.1, 0.15) is 21.0 Å². The molecule has 4 nitrogen and oxygen atoms in total. The molecule has 22 heavy (non-hydrogen) atoms. The number of nitrogens with zero attached hydrogens (tertiary/aromatic N) is 2. The molecule has 1 amide bonds. The second-order valence-corrected chi connectivity index (χ2v) is 6.97. The summed E-state index contributed by atoms with van der Waals surface area (Å²) in [5, 5.41) is 1.08. The lowest BCUT2D eigenvalue weighted by Crippen LogP contribution is -2.26. The van der Waals surface area contributed by atoms with Crippen LogP contribution >= 0.6 is 11.3 Å². The Balaban J connectivity index is 1.78. The Bertz CT molecular complexity index is 709. The molecule has 1 aliphatic heterocycles. The first-order valence-corrected chi connectivity index (χ1v) is 8.32. The van der Waals surface area contributed by atoms with E-state index in [9.17, 15) is 4.79 Å².